The van der Waals surface area contributed by atoms with Crippen molar-refractivity contribution >= 4 is 17.2 Å². The summed E-state index contributed by atoms with van der Waals surface area (Å²) in [6.45, 7) is 2.82. The second kappa shape index (κ2) is 5.36. The molecular weight excluding hydrogens is 250 g/mol. The Hall–Kier alpha value is -2.30. The van der Waals surface area contributed by atoms with E-state index in [-0.39, 0.29) is 0 Å². The van der Waals surface area contributed by atoms with Crippen LogP contribution in [0.25, 0.3) is 0 Å². The quantitative estimate of drug-likeness (QED) is 0.923. The lowest BCUT2D eigenvalue weighted by atomic mass is 10.1. The Morgan fingerprint density at radius 2 is 1.90 bits per heavy atom. The van der Waals surface area contributed by atoms with Crippen molar-refractivity contribution in [2.24, 2.45) is 0 Å². The number of aromatic nitrogens is 2. The van der Waals surface area contributed by atoms with E-state index in [0.29, 0.717) is 0 Å². The number of likely N-dealkylation sites (N-methyl/N-ethyl adjacent to an activating group) is 1. The molecule has 0 bridgehead atoms. The van der Waals surface area contributed by atoms with Gasteiger partial charge in [0.25, 0.3) is 0 Å². The van der Waals surface area contributed by atoms with Crippen molar-refractivity contribution in [2.75, 3.05) is 42.3 Å². The summed E-state index contributed by atoms with van der Waals surface area (Å²) in [7, 11) is 3.98. The third-order valence-corrected chi connectivity index (χ3v) is 3.65. The fraction of sp³-hybridized carbons (Fsp3) is 0.333. The average molecular weight is 269 g/mol. The van der Waals surface area contributed by atoms with Crippen LogP contribution in [0.15, 0.2) is 36.7 Å². The molecule has 3 rings (SSSR count). The maximum atomic E-state index is 4.46. The summed E-state index contributed by atoms with van der Waals surface area (Å²) >= 11 is 0. The SMILES string of the molecule is CNc1cnc(CN2CCN(C)c3ccccc32)cn1. The molecular formula is C15H19N5. The Kier molecular flexibility index (Phi) is 3.41. The number of fused-ring (bicyclic) bond motifs is 1. The van der Waals surface area contributed by atoms with Crippen LogP contribution in [-0.2, 0) is 6.54 Å². The van der Waals surface area contributed by atoms with Gasteiger partial charge in [0, 0.05) is 27.2 Å². The lowest BCUT2D eigenvalue weighted by Crippen LogP contribution is -2.38. The van der Waals surface area contributed by atoms with E-state index in [1.165, 1.54) is 11.4 Å². The van der Waals surface area contributed by atoms with E-state index in [0.717, 1.165) is 31.1 Å². The number of anilines is 3. The number of hydrogen-bond donors (Lipinski definition) is 1. The summed E-state index contributed by atoms with van der Waals surface area (Å²) < 4.78 is 0. The molecule has 0 unspecified atom stereocenters. The van der Waals surface area contributed by atoms with Crippen LogP contribution in [0.2, 0.25) is 0 Å². The minimum Gasteiger partial charge on any atom is -0.372 e. The van der Waals surface area contributed by atoms with Crippen LogP contribution in [-0.4, -0.2) is 37.2 Å². The first kappa shape index (κ1) is 12.7. The van der Waals surface area contributed by atoms with E-state index >= 15 is 0 Å². The number of hydrogen-bond acceptors (Lipinski definition) is 5. The van der Waals surface area contributed by atoms with Crippen molar-refractivity contribution in [2.45, 2.75) is 6.54 Å². The maximum Gasteiger partial charge on any atom is 0.144 e. The molecule has 0 fully saturated rings. The molecule has 5 nitrogen and oxygen atoms in total. The molecule has 0 saturated carbocycles. The molecule has 1 aliphatic heterocycles. The van der Waals surface area contributed by atoms with Crippen molar-refractivity contribution < 1.29 is 0 Å². The molecule has 20 heavy (non-hydrogen) atoms. The van der Waals surface area contributed by atoms with Gasteiger partial charge >= 0.3 is 0 Å². The largest absolute Gasteiger partial charge is 0.372 e. The van der Waals surface area contributed by atoms with Gasteiger partial charge in [0.15, 0.2) is 0 Å². The zero-order valence-electron chi connectivity index (χ0n) is 11.9. The highest BCUT2D eigenvalue weighted by molar-refractivity contribution is 5.73. The fourth-order valence-corrected chi connectivity index (χ4v) is 2.49. The van der Waals surface area contributed by atoms with Gasteiger partial charge in [-0.3, -0.25) is 4.98 Å². The number of nitrogens with one attached hydrogen (secondary N) is 1. The van der Waals surface area contributed by atoms with Gasteiger partial charge in [-0.25, -0.2) is 4.98 Å². The molecule has 0 saturated heterocycles. The summed E-state index contributed by atoms with van der Waals surface area (Å²) in [6, 6.07) is 8.50. The normalized spacial score (nSPS) is 14.1. The highest BCUT2D eigenvalue weighted by atomic mass is 15.3. The molecule has 1 aliphatic rings. The Bertz CT molecular complexity index is 581. The first-order valence-corrected chi connectivity index (χ1v) is 6.81. The summed E-state index contributed by atoms with van der Waals surface area (Å²) in [5, 5.41) is 2.99. The third-order valence-electron chi connectivity index (χ3n) is 3.65. The van der Waals surface area contributed by atoms with Crippen molar-refractivity contribution in [1.82, 2.24) is 9.97 Å². The van der Waals surface area contributed by atoms with Crippen molar-refractivity contribution in [3.8, 4) is 0 Å². The van der Waals surface area contributed by atoms with Crippen molar-refractivity contribution in [3.63, 3.8) is 0 Å². The second-order valence-electron chi connectivity index (χ2n) is 4.97. The van der Waals surface area contributed by atoms with Gasteiger partial charge in [0.2, 0.25) is 0 Å². The molecule has 1 N–H and O–H groups in total. The van der Waals surface area contributed by atoms with Crippen LogP contribution < -0.4 is 15.1 Å². The lowest BCUT2D eigenvalue weighted by molar-refractivity contribution is 0.723. The topological polar surface area (TPSA) is 44.3 Å². The zero-order chi connectivity index (χ0) is 13.9. The molecule has 2 aromatic rings. The van der Waals surface area contributed by atoms with Crippen LogP contribution in [0.1, 0.15) is 5.69 Å². The van der Waals surface area contributed by atoms with E-state index in [2.05, 4.69) is 56.4 Å². The van der Waals surface area contributed by atoms with Gasteiger partial charge < -0.3 is 15.1 Å². The zero-order valence-corrected chi connectivity index (χ0v) is 11.9. The summed E-state index contributed by atoms with van der Waals surface area (Å²) in [6.07, 6.45) is 3.62. The molecule has 0 radical (unpaired) electrons. The Morgan fingerprint density at radius 1 is 1.10 bits per heavy atom. The third kappa shape index (κ3) is 2.39. The van der Waals surface area contributed by atoms with Crippen LogP contribution in [0.4, 0.5) is 17.2 Å². The van der Waals surface area contributed by atoms with Crippen LogP contribution >= 0.6 is 0 Å². The highest BCUT2D eigenvalue weighted by Gasteiger charge is 2.20. The standard InChI is InChI=1S/C15H19N5/c1-16-15-10-17-12(9-18-15)11-20-8-7-19(2)13-5-3-4-6-14(13)20/h3-6,9-10H,7-8,11H2,1-2H3,(H,16,18). The Morgan fingerprint density at radius 3 is 2.60 bits per heavy atom. The number of rotatable bonds is 3. The minimum absolute atomic E-state index is 0.793. The number of benzene rings is 1. The average Bonchev–Trinajstić information content (AvgIpc) is 2.51. The van der Waals surface area contributed by atoms with E-state index in [4.69, 9.17) is 0 Å². The van der Waals surface area contributed by atoms with E-state index in [9.17, 15) is 0 Å². The smallest absolute Gasteiger partial charge is 0.144 e. The number of nitrogens with zero attached hydrogens (tertiary/aromatic N) is 4. The molecule has 0 atom stereocenters. The second-order valence-corrected chi connectivity index (χ2v) is 4.97. The highest BCUT2D eigenvalue weighted by Crippen LogP contribution is 2.32. The fourth-order valence-electron chi connectivity index (χ4n) is 2.49. The predicted octanol–water partition coefficient (Wildman–Crippen LogP) is 1.97. The van der Waals surface area contributed by atoms with Gasteiger partial charge in [0.05, 0.1) is 36.0 Å². The van der Waals surface area contributed by atoms with E-state index in [1.54, 1.807) is 6.20 Å². The van der Waals surface area contributed by atoms with Gasteiger partial charge in [-0.05, 0) is 12.1 Å². The monoisotopic (exact) mass is 269 g/mol. The molecule has 104 valence electrons. The van der Waals surface area contributed by atoms with E-state index in [1.807, 2.05) is 13.2 Å². The molecule has 0 aliphatic carbocycles. The lowest BCUT2D eigenvalue weighted by Gasteiger charge is -2.36. The van der Waals surface area contributed by atoms with Crippen molar-refractivity contribution in [3.05, 3.63) is 42.4 Å². The molecule has 1 aromatic heterocycles. The summed E-state index contributed by atoms with van der Waals surface area (Å²) in [5.41, 5.74) is 3.53. The first-order valence-electron chi connectivity index (χ1n) is 6.81. The Balaban J connectivity index is 1.82. The molecule has 2 heterocycles. The molecule has 0 amide bonds. The van der Waals surface area contributed by atoms with Gasteiger partial charge in [-0.15, -0.1) is 0 Å². The van der Waals surface area contributed by atoms with Gasteiger partial charge in [0.1, 0.15) is 5.82 Å². The first-order chi connectivity index (χ1) is 9.78. The molecule has 0 spiro atoms. The molecule has 1 aromatic carbocycles. The number of para-hydroxylation sites is 2. The van der Waals surface area contributed by atoms with Gasteiger partial charge in [-0.2, -0.15) is 0 Å². The molecule has 5 heteroatoms. The van der Waals surface area contributed by atoms with E-state index < -0.39 is 0 Å². The van der Waals surface area contributed by atoms with Crippen LogP contribution in [0.3, 0.4) is 0 Å². The predicted molar refractivity (Wildman–Crippen MR) is 82.3 cm³/mol. The summed E-state index contributed by atoms with van der Waals surface area (Å²) in [5.74, 6) is 0.799. The van der Waals surface area contributed by atoms with Crippen molar-refractivity contribution in [1.29, 1.82) is 0 Å². The maximum absolute atomic E-state index is 4.46. The van der Waals surface area contributed by atoms with Crippen LogP contribution in [0, 0.1) is 0 Å². The van der Waals surface area contributed by atoms with Gasteiger partial charge in [-0.1, -0.05) is 12.1 Å². The minimum atomic E-state index is 0.793. The Labute approximate surface area is 119 Å². The van der Waals surface area contributed by atoms with Crippen LogP contribution in [0.5, 0.6) is 0 Å². The summed E-state index contributed by atoms with van der Waals surface area (Å²) in [4.78, 5) is 13.4.